The van der Waals surface area contributed by atoms with Crippen LogP contribution in [0.4, 0.5) is 13.2 Å². The number of hydrogen-bond acceptors (Lipinski definition) is 4. The molecule has 1 atom stereocenters. The number of nitrogens with one attached hydrogen (secondary N) is 1. The van der Waals surface area contributed by atoms with Gasteiger partial charge in [0, 0.05) is 36.2 Å². The van der Waals surface area contributed by atoms with E-state index >= 15 is 0 Å². The van der Waals surface area contributed by atoms with Crippen LogP contribution in [0.15, 0.2) is 46.9 Å². The van der Waals surface area contributed by atoms with Crippen LogP contribution in [0.3, 0.4) is 0 Å². The van der Waals surface area contributed by atoms with Gasteiger partial charge in [-0.25, -0.2) is 0 Å². The van der Waals surface area contributed by atoms with Gasteiger partial charge in [-0.2, -0.15) is 0 Å². The quantitative estimate of drug-likeness (QED) is 0.591. The van der Waals surface area contributed by atoms with Crippen molar-refractivity contribution in [1.82, 2.24) is 10.2 Å². The number of halogens is 6. The summed E-state index contributed by atoms with van der Waals surface area (Å²) in [5.74, 6) is 0.504. The van der Waals surface area contributed by atoms with E-state index in [-0.39, 0.29) is 36.6 Å². The van der Waals surface area contributed by atoms with Gasteiger partial charge in [0.2, 0.25) is 0 Å². The largest absolute Gasteiger partial charge is 0.573 e. The highest BCUT2D eigenvalue weighted by Gasteiger charge is 2.31. The van der Waals surface area contributed by atoms with Crippen LogP contribution in [0.5, 0.6) is 11.5 Å². The van der Waals surface area contributed by atoms with Crippen LogP contribution >= 0.6 is 40.7 Å². The van der Waals surface area contributed by atoms with Gasteiger partial charge in [0.25, 0.3) is 0 Å². The van der Waals surface area contributed by atoms with Crippen LogP contribution in [0.2, 0.25) is 0 Å². The molecule has 1 saturated heterocycles. The van der Waals surface area contributed by atoms with Crippen molar-refractivity contribution < 1.29 is 22.6 Å². The summed E-state index contributed by atoms with van der Waals surface area (Å²) in [6.45, 7) is 3.34. The summed E-state index contributed by atoms with van der Waals surface area (Å²) in [4.78, 5) is 2.29. The van der Waals surface area contributed by atoms with Crippen LogP contribution in [0, 0.1) is 0 Å². The lowest BCUT2D eigenvalue weighted by atomic mass is 9.95. The van der Waals surface area contributed by atoms with Gasteiger partial charge in [0.1, 0.15) is 11.5 Å². The number of benzene rings is 2. The summed E-state index contributed by atoms with van der Waals surface area (Å²) in [6, 6.07) is 11.7. The molecule has 0 aliphatic carbocycles. The molecular formula is C19H22BrCl2F3N2O2. The molecule has 0 radical (unpaired) electrons. The zero-order chi connectivity index (χ0) is 19.4. The van der Waals surface area contributed by atoms with Gasteiger partial charge in [0.05, 0.1) is 13.2 Å². The lowest BCUT2D eigenvalue weighted by Crippen LogP contribution is -2.45. The van der Waals surface area contributed by atoms with Gasteiger partial charge in [-0.05, 0) is 35.9 Å². The molecule has 29 heavy (non-hydrogen) atoms. The van der Waals surface area contributed by atoms with E-state index in [0.717, 1.165) is 47.5 Å². The maximum atomic E-state index is 12.4. The molecule has 0 aromatic heterocycles. The number of alkyl halides is 3. The van der Waals surface area contributed by atoms with Gasteiger partial charge >= 0.3 is 6.36 Å². The first-order valence-corrected chi connectivity index (χ1v) is 9.30. The Labute approximate surface area is 188 Å². The molecule has 1 aliphatic rings. The third-order valence-electron chi connectivity index (χ3n) is 4.43. The Bertz CT molecular complexity index is 773. The fraction of sp³-hybridized carbons (Fsp3) is 0.368. The highest BCUT2D eigenvalue weighted by molar-refractivity contribution is 9.10. The number of piperazine rings is 1. The normalized spacial score (nSPS) is 15.6. The first-order valence-electron chi connectivity index (χ1n) is 8.51. The first-order chi connectivity index (χ1) is 12.9. The maximum absolute atomic E-state index is 12.4. The monoisotopic (exact) mass is 516 g/mol. The van der Waals surface area contributed by atoms with Gasteiger partial charge in [0.15, 0.2) is 0 Å². The van der Waals surface area contributed by atoms with Crippen molar-refractivity contribution in [1.29, 1.82) is 0 Å². The Morgan fingerprint density at radius 3 is 2.21 bits per heavy atom. The minimum Gasteiger partial charge on any atom is -0.496 e. The standard InChI is InChI=1S/C19H20BrF3N2O2.2ClH/c1-26-17-7-4-14(20)12-16(17)18(25-10-8-24-9-11-25)13-2-5-15(6-3-13)27-19(21,22)23;;/h2-7,12,18,24H,8-11H2,1H3;2*1H/t18-;;/m1../s1. The molecular weight excluding hydrogens is 496 g/mol. The van der Waals surface area contributed by atoms with Crippen molar-refractivity contribution in [3.63, 3.8) is 0 Å². The van der Waals surface area contributed by atoms with Crippen molar-refractivity contribution >= 4 is 40.7 Å². The second kappa shape index (κ2) is 11.3. The summed E-state index contributed by atoms with van der Waals surface area (Å²) >= 11 is 3.50. The molecule has 0 bridgehead atoms. The zero-order valence-electron chi connectivity index (χ0n) is 15.5. The van der Waals surface area contributed by atoms with Gasteiger partial charge < -0.3 is 14.8 Å². The summed E-state index contributed by atoms with van der Waals surface area (Å²) in [5.41, 5.74) is 1.83. The second-order valence-corrected chi connectivity index (χ2v) is 7.11. The van der Waals surface area contributed by atoms with E-state index in [2.05, 4.69) is 30.9 Å². The van der Waals surface area contributed by atoms with E-state index in [1.54, 1.807) is 19.2 Å². The predicted molar refractivity (Wildman–Crippen MR) is 115 cm³/mol. The summed E-state index contributed by atoms with van der Waals surface area (Å²) in [5, 5.41) is 3.32. The third kappa shape index (κ3) is 6.93. The number of methoxy groups -OCH3 is 1. The first kappa shape index (κ1) is 25.8. The van der Waals surface area contributed by atoms with Crippen LogP contribution in [0.25, 0.3) is 0 Å². The smallest absolute Gasteiger partial charge is 0.496 e. The predicted octanol–water partition coefficient (Wildman–Crippen LogP) is 5.19. The number of ether oxygens (including phenoxy) is 2. The Hall–Kier alpha value is -1.19. The van der Waals surface area contributed by atoms with Crippen LogP contribution in [0.1, 0.15) is 17.2 Å². The van der Waals surface area contributed by atoms with Crippen LogP contribution in [-0.4, -0.2) is 44.6 Å². The molecule has 3 rings (SSSR count). The summed E-state index contributed by atoms with van der Waals surface area (Å²) < 4.78 is 47.8. The fourth-order valence-electron chi connectivity index (χ4n) is 3.30. The van der Waals surface area contributed by atoms with Crippen LogP contribution in [-0.2, 0) is 0 Å². The Balaban J connectivity index is 0.00000210. The van der Waals surface area contributed by atoms with E-state index in [0.29, 0.717) is 0 Å². The Morgan fingerprint density at radius 2 is 1.66 bits per heavy atom. The van der Waals surface area contributed by atoms with E-state index in [9.17, 15) is 13.2 Å². The summed E-state index contributed by atoms with van der Waals surface area (Å²) in [6.07, 6.45) is -4.70. The number of hydrogen-bond donors (Lipinski definition) is 1. The molecule has 2 aromatic rings. The van der Waals surface area contributed by atoms with E-state index in [4.69, 9.17) is 4.74 Å². The molecule has 10 heteroatoms. The molecule has 162 valence electrons. The molecule has 1 fully saturated rings. The van der Waals surface area contributed by atoms with Gasteiger partial charge in [-0.15, -0.1) is 38.0 Å². The average Bonchev–Trinajstić information content (AvgIpc) is 2.63. The van der Waals surface area contributed by atoms with E-state index < -0.39 is 6.36 Å². The molecule has 1 N–H and O–H groups in total. The highest BCUT2D eigenvalue weighted by Crippen LogP contribution is 2.37. The topological polar surface area (TPSA) is 33.7 Å². The minimum absolute atomic E-state index is 0. The third-order valence-corrected chi connectivity index (χ3v) is 4.93. The molecule has 1 aliphatic heterocycles. The molecule has 2 aromatic carbocycles. The Kier molecular flexibility index (Phi) is 10.0. The van der Waals surface area contributed by atoms with Gasteiger partial charge in [-0.1, -0.05) is 28.1 Å². The van der Waals surface area contributed by atoms with E-state index in [1.807, 2.05) is 18.2 Å². The van der Waals surface area contributed by atoms with Crippen molar-refractivity contribution in [2.24, 2.45) is 0 Å². The number of nitrogens with zero attached hydrogens (tertiary/aromatic N) is 1. The molecule has 0 amide bonds. The van der Waals surface area contributed by atoms with Crippen molar-refractivity contribution in [2.75, 3.05) is 33.3 Å². The minimum atomic E-state index is -4.70. The molecule has 4 nitrogen and oxygen atoms in total. The van der Waals surface area contributed by atoms with Crippen molar-refractivity contribution in [3.05, 3.63) is 58.1 Å². The number of rotatable bonds is 5. The molecule has 0 unspecified atom stereocenters. The van der Waals surface area contributed by atoms with Crippen molar-refractivity contribution in [3.8, 4) is 11.5 Å². The second-order valence-electron chi connectivity index (χ2n) is 6.19. The molecule has 0 spiro atoms. The van der Waals surface area contributed by atoms with Crippen molar-refractivity contribution in [2.45, 2.75) is 12.4 Å². The highest BCUT2D eigenvalue weighted by atomic mass is 79.9. The fourth-order valence-corrected chi connectivity index (χ4v) is 3.68. The summed E-state index contributed by atoms with van der Waals surface area (Å²) in [7, 11) is 1.61. The van der Waals surface area contributed by atoms with Crippen LogP contribution < -0.4 is 14.8 Å². The maximum Gasteiger partial charge on any atom is 0.573 e. The SMILES string of the molecule is COc1ccc(Br)cc1[C@@H](c1ccc(OC(F)(F)F)cc1)N1CCNCC1.Cl.Cl. The van der Waals surface area contributed by atoms with E-state index in [1.165, 1.54) is 12.1 Å². The average molecular weight is 518 g/mol. The lowest BCUT2D eigenvalue weighted by molar-refractivity contribution is -0.274. The zero-order valence-corrected chi connectivity index (χ0v) is 18.8. The molecule has 1 heterocycles. The Morgan fingerprint density at radius 1 is 1.03 bits per heavy atom. The van der Waals surface area contributed by atoms with Gasteiger partial charge in [-0.3, -0.25) is 4.90 Å². The molecule has 0 saturated carbocycles. The lowest BCUT2D eigenvalue weighted by Gasteiger charge is -2.36.